The Balaban J connectivity index is 2.59. The van der Waals surface area contributed by atoms with Gasteiger partial charge >= 0.3 is 0 Å². The van der Waals surface area contributed by atoms with Gasteiger partial charge in [0.25, 0.3) is 5.16 Å². The molecule has 0 saturated heterocycles. The number of aromatic nitrogens is 4. The van der Waals surface area contributed by atoms with Gasteiger partial charge in [0.2, 0.25) is 9.84 Å². The lowest BCUT2D eigenvalue weighted by Crippen LogP contribution is -2.20. The lowest BCUT2D eigenvalue weighted by Gasteiger charge is -2.13. The van der Waals surface area contributed by atoms with E-state index in [0.717, 1.165) is 17.5 Å². The standard InChI is InChI=1S/C13H17BrN4O2S/c1-4-6-11(14)21(19,20)13-15-16-17-18(13)12-9(2)7-5-8-10(12)3/h5,7-8,11H,4,6H2,1-3H3. The smallest absolute Gasteiger partial charge is 0.219 e. The fourth-order valence-electron chi connectivity index (χ4n) is 2.13. The van der Waals surface area contributed by atoms with Crippen molar-refractivity contribution in [1.82, 2.24) is 20.2 Å². The number of tetrazole rings is 1. The average molecular weight is 373 g/mol. The van der Waals surface area contributed by atoms with Gasteiger partial charge in [0, 0.05) is 0 Å². The molecule has 8 heteroatoms. The van der Waals surface area contributed by atoms with Crippen LogP contribution in [-0.4, -0.2) is 32.8 Å². The maximum absolute atomic E-state index is 12.6. The monoisotopic (exact) mass is 372 g/mol. The molecule has 0 fully saturated rings. The zero-order chi connectivity index (χ0) is 15.6. The summed E-state index contributed by atoms with van der Waals surface area (Å²) in [5.74, 6) is 0. The summed E-state index contributed by atoms with van der Waals surface area (Å²) in [6, 6.07) is 5.72. The van der Waals surface area contributed by atoms with Crippen LogP contribution >= 0.6 is 15.9 Å². The molecule has 0 bridgehead atoms. The van der Waals surface area contributed by atoms with Crippen LogP contribution in [0.15, 0.2) is 23.4 Å². The maximum Gasteiger partial charge on any atom is 0.273 e. The number of aryl methyl sites for hydroxylation is 2. The molecule has 1 heterocycles. The number of nitrogens with zero attached hydrogens (tertiary/aromatic N) is 4. The molecule has 1 atom stereocenters. The summed E-state index contributed by atoms with van der Waals surface area (Å²) < 4.78 is 25.8. The van der Waals surface area contributed by atoms with Gasteiger partial charge in [0.05, 0.1) is 5.69 Å². The molecule has 6 nitrogen and oxygen atoms in total. The van der Waals surface area contributed by atoms with Gasteiger partial charge in [-0.05, 0) is 41.8 Å². The minimum atomic E-state index is -3.63. The summed E-state index contributed by atoms with van der Waals surface area (Å²) in [5, 5.41) is 11.0. The van der Waals surface area contributed by atoms with Crippen LogP contribution in [0.4, 0.5) is 0 Å². The Kier molecular flexibility index (Phi) is 4.77. The van der Waals surface area contributed by atoms with Crippen molar-refractivity contribution >= 4 is 25.8 Å². The highest BCUT2D eigenvalue weighted by atomic mass is 79.9. The lowest BCUT2D eigenvalue weighted by atomic mass is 10.1. The fraction of sp³-hybridized carbons (Fsp3) is 0.462. The van der Waals surface area contributed by atoms with Gasteiger partial charge in [-0.15, -0.1) is 0 Å². The van der Waals surface area contributed by atoms with E-state index in [0.29, 0.717) is 12.1 Å². The average Bonchev–Trinajstić information content (AvgIpc) is 2.88. The number of alkyl halides is 1. The summed E-state index contributed by atoms with van der Waals surface area (Å²) in [4.78, 5) is 0. The number of hydrogen-bond donors (Lipinski definition) is 0. The zero-order valence-corrected chi connectivity index (χ0v) is 14.5. The number of halogens is 1. The Labute approximate surface area is 132 Å². The van der Waals surface area contributed by atoms with Gasteiger partial charge in [0.15, 0.2) is 0 Å². The van der Waals surface area contributed by atoms with Crippen LogP contribution in [0.5, 0.6) is 0 Å². The van der Waals surface area contributed by atoms with Crippen molar-refractivity contribution in [3.63, 3.8) is 0 Å². The summed E-state index contributed by atoms with van der Waals surface area (Å²) >= 11 is 3.23. The Hall–Kier alpha value is -1.28. The number of hydrogen-bond acceptors (Lipinski definition) is 5. The highest BCUT2D eigenvalue weighted by Crippen LogP contribution is 2.26. The second kappa shape index (κ2) is 6.23. The number of benzene rings is 1. The van der Waals surface area contributed by atoms with E-state index in [1.807, 2.05) is 39.0 Å². The summed E-state index contributed by atoms with van der Waals surface area (Å²) in [5.41, 5.74) is 2.54. The minimum absolute atomic E-state index is 0.129. The van der Waals surface area contributed by atoms with Gasteiger partial charge in [-0.25, -0.2) is 8.42 Å². The third-order valence-electron chi connectivity index (χ3n) is 3.20. The van der Waals surface area contributed by atoms with Crippen molar-refractivity contribution in [2.45, 2.75) is 42.9 Å². The molecule has 1 unspecified atom stereocenters. The van der Waals surface area contributed by atoms with Crippen LogP contribution in [0, 0.1) is 13.8 Å². The molecule has 0 aliphatic heterocycles. The molecule has 0 amide bonds. The molecule has 0 saturated carbocycles. The molecule has 2 aromatic rings. The van der Waals surface area contributed by atoms with Gasteiger partial charge in [-0.1, -0.05) is 52.6 Å². The summed E-state index contributed by atoms with van der Waals surface area (Å²) in [7, 11) is -3.63. The Morgan fingerprint density at radius 2 is 1.90 bits per heavy atom. The van der Waals surface area contributed by atoms with Crippen LogP contribution in [0.3, 0.4) is 0 Å². The Morgan fingerprint density at radius 3 is 2.48 bits per heavy atom. The summed E-state index contributed by atoms with van der Waals surface area (Å²) in [6.07, 6.45) is 1.25. The van der Waals surface area contributed by atoms with Crippen molar-refractivity contribution in [3.05, 3.63) is 29.3 Å². The quantitative estimate of drug-likeness (QED) is 0.753. The molecular formula is C13H17BrN4O2S. The zero-order valence-electron chi connectivity index (χ0n) is 12.1. The predicted molar refractivity (Wildman–Crippen MR) is 83.4 cm³/mol. The molecule has 2 rings (SSSR count). The molecule has 21 heavy (non-hydrogen) atoms. The Morgan fingerprint density at radius 1 is 1.29 bits per heavy atom. The van der Waals surface area contributed by atoms with Crippen molar-refractivity contribution in [3.8, 4) is 5.69 Å². The molecule has 0 aliphatic rings. The molecule has 1 aromatic carbocycles. The highest BCUT2D eigenvalue weighted by molar-refractivity contribution is 9.11. The molecule has 0 N–H and O–H groups in total. The fourth-order valence-corrected chi connectivity index (χ4v) is 4.39. The lowest BCUT2D eigenvalue weighted by molar-refractivity contribution is 0.573. The SMILES string of the molecule is CCCC(Br)S(=O)(=O)c1nnnn1-c1c(C)cccc1C. The molecule has 1 aromatic heterocycles. The molecule has 0 spiro atoms. The second-order valence-electron chi connectivity index (χ2n) is 4.86. The first-order valence-electron chi connectivity index (χ1n) is 6.62. The third kappa shape index (κ3) is 3.01. The van der Waals surface area contributed by atoms with E-state index in [2.05, 4.69) is 31.5 Å². The van der Waals surface area contributed by atoms with E-state index in [-0.39, 0.29) is 5.16 Å². The third-order valence-corrected chi connectivity index (χ3v) is 6.81. The van der Waals surface area contributed by atoms with Crippen molar-refractivity contribution in [2.24, 2.45) is 0 Å². The van der Waals surface area contributed by atoms with Gasteiger partial charge in [-0.3, -0.25) is 0 Å². The van der Waals surface area contributed by atoms with Crippen LogP contribution in [0.2, 0.25) is 0 Å². The van der Waals surface area contributed by atoms with E-state index < -0.39 is 14.0 Å². The first-order valence-corrected chi connectivity index (χ1v) is 9.08. The molecule has 114 valence electrons. The van der Waals surface area contributed by atoms with Crippen LogP contribution in [0.25, 0.3) is 5.69 Å². The topological polar surface area (TPSA) is 77.7 Å². The van der Waals surface area contributed by atoms with Crippen LogP contribution < -0.4 is 0 Å². The molecular weight excluding hydrogens is 356 g/mol. The van der Waals surface area contributed by atoms with E-state index in [4.69, 9.17) is 0 Å². The largest absolute Gasteiger partial charge is 0.273 e. The molecule has 0 radical (unpaired) electrons. The van der Waals surface area contributed by atoms with Crippen molar-refractivity contribution in [2.75, 3.05) is 0 Å². The minimum Gasteiger partial charge on any atom is -0.219 e. The molecule has 0 aliphatic carbocycles. The van der Waals surface area contributed by atoms with E-state index in [1.165, 1.54) is 4.68 Å². The number of sulfone groups is 1. The highest BCUT2D eigenvalue weighted by Gasteiger charge is 2.31. The van der Waals surface area contributed by atoms with Gasteiger partial charge < -0.3 is 0 Å². The Bertz CT molecular complexity index is 722. The van der Waals surface area contributed by atoms with Crippen molar-refractivity contribution in [1.29, 1.82) is 0 Å². The number of rotatable bonds is 5. The van der Waals surface area contributed by atoms with Gasteiger partial charge in [-0.2, -0.15) is 4.68 Å². The second-order valence-corrected chi connectivity index (χ2v) is 8.59. The first kappa shape index (κ1) is 16.1. The van der Waals surface area contributed by atoms with Crippen LogP contribution in [0.1, 0.15) is 30.9 Å². The maximum atomic E-state index is 12.6. The van der Waals surface area contributed by atoms with E-state index >= 15 is 0 Å². The van der Waals surface area contributed by atoms with E-state index in [1.54, 1.807) is 0 Å². The van der Waals surface area contributed by atoms with Crippen molar-refractivity contribution < 1.29 is 8.42 Å². The predicted octanol–water partition coefficient (Wildman–Crippen LogP) is 2.57. The normalized spacial score (nSPS) is 13.3. The van der Waals surface area contributed by atoms with Gasteiger partial charge in [0.1, 0.15) is 4.16 Å². The summed E-state index contributed by atoms with van der Waals surface area (Å²) in [6.45, 7) is 5.73. The van der Waals surface area contributed by atoms with E-state index in [9.17, 15) is 8.42 Å². The number of para-hydroxylation sites is 1. The first-order chi connectivity index (χ1) is 9.89. The van der Waals surface area contributed by atoms with Crippen LogP contribution in [-0.2, 0) is 9.84 Å².